The van der Waals surface area contributed by atoms with Crippen molar-refractivity contribution in [1.82, 2.24) is 24.7 Å². The number of methoxy groups -OCH3 is 1. The lowest BCUT2D eigenvalue weighted by Gasteiger charge is -2.33. The topological polar surface area (TPSA) is 87.0 Å². The maximum atomic E-state index is 14.3. The van der Waals surface area contributed by atoms with Crippen LogP contribution in [0.4, 0.5) is 10.2 Å². The molecule has 164 valence electrons. The van der Waals surface area contributed by atoms with Gasteiger partial charge in [-0.25, -0.2) is 19.3 Å². The van der Waals surface area contributed by atoms with Gasteiger partial charge < -0.3 is 14.8 Å². The second-order valence-corrected chi connectivity index (χ2v) is 7.99. The van der Waals surface area contributed by atoms with Crippen LogP contribution in [0.2, 0.25) is 0 Å². The first-order valence-electron chi connectivity index (χ1n) is 10.3. The summed E-state index contributed by atoms with van der Waals surface area (Å²) in [5.41, 5.74) is 2.31. The van der Waals surface area contributed by atoms with Crippen LogP contribution in [0.3, 0.4) is 0 Å². The van der Waals surface area contributed by atoms with Crippen molar-refractivity contribution in [2.45, 2.75) is 12.1 Å². The van der Waals surface area contributed by atoms with Gasteiger partial charge in [-0.05, 0) is 17.7 Å². The fraction of sp³-hybridized carbons (Fsp3) is 0.304. The van der Waals surface area contributed by atoms with Crippen LogP contribution in [0.25, 0.3) is 22.0 Å². The Morgan fingerprint density at radius 3 is 2.78 bits per heavy atom. The van der Waals surface area contributed by atoms with Crippen molar-refractivity contribution in [1.29, 1.82) is 0 Å². The number of aryl methyl sites for hydroxylation is 1. The number of nitrogens with zero attached hydrogens (tertiary/aromatic N) is 5. The van der Waals surface area contributed by atoms with Crippen molar-refractivity contribution < 1.29 is 13.9 Å². The lowest BCUT2D eigenvalue weighted by molar-refractivity contribution is -0.121. The number of alkyl halides is 1. The molecule has 1 N–H and O–H groups in total. The highest BCUT2D eigenvalue weighted by Gasteiger charge is 2.38. The van der Waals surface area contributed by atoms with Crippen LogP contribution in [0.5, 0.6) is 5.75 Å². The Morgan fingerprint density at radius 2 is 2.06 bits per heavy atom. The molecule has 3 aromatic heterocycles. The van der Waals surface area contributed by atoms with Crippen molar-refractivity contribution in [2.75, 3.05) is 32.2 Å². The minimum atomic E-state index is -1.36. The van der Waals surface area contributed by atoms with E-state index in [-0.39, 0.29) is 19.8 Å². The molecule has 1 saturated heterocycles. The van der Waals surface area contributed by atoms with Crippen LogP contribution in [0.1, 0.15) is 11.4 Å². The molecule has 0 unspecified atom stereocenters. The fourth-order valence-electron chi connectivity index (χ4n) is 3.69. The summed E-state index contributed by atoms with van der Waals surface area (Å²) in [5.74, 6) is 1.92. The Kier molecular flexibility index (Phi) is 5.18. The molecule has 0 amide bonds. The highest BCUT2D eigenvalue weighted by molar-refractivity contribution is 5.87. The van der Waals surface area contributed by atoms with Crippen molar-refractivity contribution >= 4 is 16.7 Å². The van der Waals surface area contributed by atoms with E-state index in [1.807, 2.05) is 43.7 Å². The molecule has 0 atom stereocenters. The summed E-state index contributed by atoms with van der Waals surface area (Å²) >= 11 is 0. The molecule has 0 saturated carbocycles. The summed E-state index contributed by atoms with van der Waals surface area (Å²) in [6.45, 7) is 0.321. The number of hydrogen-bond acceptors (Lipinski definition) is 7. The number of pyridine rings is 1. The molecule has 32 heavy (non-hydrogen) atoms. The van der Waals surface area contributed by atoms with E-state index in [4.69, 9.17) is 14.5 Å². The molecule has 0 bridgehead atoms. The zero-order valence-electron chi connectivity index (χ0n) is 17.9. The Bertz CT molecular complexity index is 1270. The number of fused-ring (bicyclic) bond motifs is 1. The molecular formula is C23H23FN6O2. The monoisotopic (exact) mass is 434 g/mol. The first-order valence-corrected chi connectivity index (χ1v) is 10.3. The van der Waals surface area contributed by atoms with Gasteiger partial charge in [0, 0.05) is 48.6 Å². The van der Waals surface area contributed by atoms with Gasteiger partial charge in [0.1, 0.15) is 17.1 Å². The van der Waals surface area contributed by atoms with Gasteiger partial charge in [0.05, 0.1) is 33.1 Å². The molecule has 0 radical (unpaired) electrons. The quantitative estimate of drug-likeness (QED) is 0.478. The Hall–Kier alpha value is -3.59. The van der Waals surface area contributed by atoms with Crippen LogP contribution in [-0.4, -0.2) is 57.3 Å². The van der Waals surface area contributed by atoms with E-state index in [1.54, 1.807) is 24.2 Å². The second kappa shape index (κ2) is 8.16. The Labute approximate surface area is 184 Å². The number of halogens is 1. The number of rotatable bonds is 7. The third-order valence-corrected chi connectivity index (χ3v) is 5.52. The normalized spacial score (nSPS) is 14.8. The average Bonchev–Trinajstić information content (AvgIpc) is 3.23. The molecule has 9 heteroatoms. The predicted molar refractivity (Wildman–Crippen MR) is 118 cm³/mol. The molecule has 4 heterocycles. The van der Waals surface area contributed by atoms with Crippen molar-refractivity contribution in [3.05, 3.63) is 60.4 Å². The van der Waals surface area contributed by atoms with E-state index in [0.29, 0.717) is 23.6 Å². The molecule has 0 spiro atoms. The van der Waals surface area contributed by atoms with Gasteiger partial charge in [0.15, 0.2) is 11.5 Å². The minimum Gasteiger partial charge on any atom is -0.496 e. The smallest absolute Gasteiger partial charge is 0.174 e. The molecule has 1 aliphatic rings. The molecule has 1 aromatic carbocycles. The van der Waals surface area contributed by atoms with Gasteiger partial charge in [0.2, 0.25) is 0 Å². The van der Waals surface area contributed by atoms with E-state index < -0.39 is 5.67 Å². The van der Waals surface area contributed by atoms with Gasteiger partial charge in [-0.15, -0.1) is 0 Å². The number of nitrogens with one attached hydrogen (secondary N) is 1. The van der Waals surface area contributed by atoms with Crippen LogP contribution < -0.4 is 10.1 Å². The zero-order valence-corrected chi connectivity index (χ0v) is 17.9. The van der Waals surface area contributed by atoms with Crippen molar-refractivity contribution in [2.24, 2.45) is 7.05 Å². The zero-order chi connectivity index (χ0) is 22.1. The first kappa shape index (κ1) is 20.3. The third-order valence-electron chi connectivity index (χ3n) is 5.52. The molecule has 8 nitrogen and oxygen atoms in total. The van der Waals surface area contributed by atoms with E-state index >= 15 is 0 Å². The predicted octanol–water partition coefficient (Wildman–Crippen LogP) is 3.18. The average molecular weight is 434 g/mol. The lowest BCUT2D eigenvalue weighted by Crippen LogP contribution is -2.50. The molecular weight excluding hydrogens is 411 g/mol. The molecule has 4 aromatic rings. The van der Waals surface area contributed by atoms with Gasteiger partial charge in [-0.1, -0.05) is 12.1 Å². The van der Waals surface area contributed by atoms with Crippen molar-refractivity contribution in [3.8, 4) is 16.9 Å². The molecule has 5 rings (SSSR count). The summed E-state index contributed by atoms with van der Waals surface area (Å²) in [5, 5.41) is 8.15. The number of anilines is 1. The van der Waals surface area contributed by atoms with Gasteiger partial charge in [-0.3, -0.25) is 4.68 Å². The number of hydrogen-bond donors (Lipinski definition) is 1. The van der Waals surface area contributed by atoms with Crippen LogP contribution >= 0.6 is 0 Å². The highest BCUT2D eigenvalue weighted by atomic mass is 19.1. The maximum absolute atomic E-state index is 14.3. The summed E-state index contributed by atoms with van der Waals surface area (Å²) in [6.07, 6.45) is 7.69. The summed E-state index contributed by atoms with van der Waals surface area (Å²) in [6, 6.07) is 7.88. The van der Waals surface area contributed by atoms with Crippen LogP contribution in [0.15, 0.2) is 49.1 Å². The van der Waals surface area contributed by atoms with E-state index in [2.05, 4.69) is 20.4 Å². The number of aromatic nitrogens is 5. The van der Waals surface area contributed by atoms with E-state index in [0.717, 1.165) is 27.8 Å². The summed E-state index contributed by atoms with van der Waals surface area (Å²) < 4.78 is 26.7. The maximum Gasteiger partial charge on any atom is 0.174 e. The first-order chi connectivity index (χ1) is 15.5. The van der Waals surface area contributed by atoms with Gasteiger partial charge >= 0.3 is 0 Å². The molecule has 1 fully saturated rings. The highest BCUT2D eigenvalue weighted by Crippen LogP contribution is 2.29. The minimum absolute atomic E-state index is 0.0971. The fourth-order valence-corrected chi connectivity index (χ4v) is 3.69. The van der Waals surface area contributed by atoms with Gasteiger partial charge in [-0.2, -0.15) is 5.10 Å². The van der Waals surface area contributed by atoms with Gasteiger partial charge in [0.25, 0.3) is 0 Å². The van der Waals surface area contributed by atoms with E-state index in [1.165, 1.54) is 0 Å². The number of benzene rings is 1. The molecule has 0 aliphatic carbocycles. The van der Waals surface area contributed by atoms with Crippen LogP contribution in [-0.2, 0) is 18.2 Å². The summed E-state index contributed by atoms with van der Waals surface area (Å²) in [7, 11) is 3.54. The van der Waals surface area contributed by atoms with Crippen molar-refractivity contribution in [3.63, 3.8) is 0 Å². The van der Waals surface area contributed by atoms with Crippen LogP contribution in [0, 0.1) is 0 Å². The number of ether oxygens (including phenoxy) is 2. The second-order valence-electron chi connectivity index (χ2n) is 7.99. The van der Waals surface area contributed by atoms with E-state index in [9.17, 15) is 4.39 Å². The Morgan fingerprint density at radius 1 is 1.19 bits per heavy atom. The SMILES string of the molecule is COc1cc(-c2cnn(C)c2)ccc1Cc1ncc2ccnc(NCC3(F)COC3)c2n1. The molecule has 1 aliphatic heterocycles. The standard InChI is InChI=1S/C23H23FN6O2/c1-30-11-18(10-28-30)15-3-4-16(19(7-15)31-2)8-20-26-9-17-5-6-25-22(21(17)29-20)27-12-23(24)13-32-14-23/h3-7,9-11H,8,12-14H2,1-2H3,(H,25,27). The summed E-state index contributed by atoms with van der Waals surface area (Å²) in [4.78, 5) is 13.6. The lowest BCUT2D eigenvalue weighted by atomic mass is 10.0. The largest absolute Gasteiger partial charge is 0.496 e. The third kappa shape index (κ3) is 3.99. The Balaban J connectivity index is 1.41.